The van der Waals surface area contributed by atoms with E-state index in [1.807, 2.05) is 6.07 Å². The van der Waals surface area contributed by atoms with Crippen LogP contribution in [0.15, 0.2) is 60.7 Å². The van der Waals surface area contributed by atoms with Crippen molar-refractivity contribution < 1.29 is 23.2 Å². The molecule has 0 unspecified atom stereocenters. The van der Waals surface area contributed by atoms with Gasteiger partial charge in [0.1, 0.15) is 11.6 Å². The minimum atomic E-state index is -1.08. The van der Waals surface area contributed by atoms with Crippen molar-refractivity contribution >= 4 is 34.6 Å². The number of ketones is 1. The first kappa shape index (κ1) is 19.4. The molecule has 0 aliphatic heterocycles. The van der Waals surface area contributed by atoms with Gasteiger partial charge in [0.25, 0.3) is 0 Å². The van der Waals surface area contributed by atoms with Crippen LogP contribution in [-0.4, -0.2) is 17.6 Å². The Morgan fingerprint density at radius 2 is 1.64 bits per heavy atom. The molecule has 3 rings (SSSR count). The molecular weight excluding hydrogens is 386 g/mol. The van der Waals surface area contributed by atoms with Crippen LogP contribution >= 0.6 is 11.3 Å². The van der Waals surface area contributed by atoms with E-state index >= 15 is 0 Å². The maximum absolute atomic E-state index is 13.5. The van der Waals surface area contributed by atoms with Gasteiger partial charge in [-0.15, -0.1) is 11.3 Å². The number of benzene rings is 2. The van der Waals surface area contributed by atoms with Gasteiger partial charge < -0.3 is 10.6 Å². The summed E-state index contributed by atoms with van der Waals surface area (Å²) in [5, 5.41) is 4.47. The van der Waals surface area contributed by atoms with Gasteiger partial charge in [0.2, 0.25) is 5.78 Å². The van der Waals surface area contributed by atoms with Crippen LogP contribution in [0.5, 0.6) is 0 Å². The molecule has 3 aromatic rings. The van der Waals surface area contributed by atoms with Gasteiger partial charge in [-0.25, -0.2) is 8.78 Å². The fourth-order valence-corrected chi connectivity index (χ4v) is 3.25. The first-order valence-corrected chi connectivity index (χ1v) is 8.98. The van der Waals surface area contributed by atoms with Gasteiger partial charge in [-0.2, -0.15) is 0 Å². The molecular formula is C20H14F2N2O3S. The molecule has 0 saturated heterocycles. The third-order valence-electron chi connectivity index (χ3n) is 3.73. The van der Waals surface area contributed by atoms with E-state index in [1.54, 1.807) is 36.4 Å². The molecule has 0 atom stereocenters. The second-order valence-electron chi connectivity index (χ2n) is 5.72. The third-order valence-corrected chi connectivity index (χ3v) is 4.81. The molecule has 0 spiro atoms. The highest BCUT2D eigenvalue weighted by molar-refractivity contribution is 7.14. The molecule has 2 aromatic carbocycles. The summed E-state index contributed by atoms with van der Waals surface area (Å²) in [5.41, 5.74) is 0.258. The van der Waals surface area contributed by atoms with E-state index in [0.717, 1.165) is 12.1 Å². The zero-order chi connectivity index (χ0) is 20.1. The molecule has 0 aliphatic carbocycles. The van der Waals surface area contributed by atoms with Crippen molar-refractivity contribution in [3.63, 3.8) is 0 Å². The third kappa shape index (κ3) is 4.66. The van der Waals surface area contributed by atoms with Crippen LogP contribution in [-0.2, 0) is 16.1 Å². The van der Waals surface area contributed by atoms with Crippen molar-refractivity contribution in [3.8, 4) is 0 Å². The maximum Gasteiger partial charge on any atom is 0.313 e. The molecule has 142 valence electrons. The standard InChI is InChI=1S/C20H14F2N2O3S/c21-13-6-8-16(15(22)10-13)24-20(27)19(26)23-11-14-7-9-17(28-14)18(25)12-4-2-1-3-5-12/h1-10H,11H2,(H,23,26)(H,24,27). The zero-order valence-electron chi connectivity index (χ0n) is 14.4. The van der Waals surface area contributed by atoms with Crippen LogP contribution in [0.4, 0.5) is 14.5 Å². The van der Waals surface area contributed by atoms with Gasteiger partial charge in [-0.3, -0.25) is 14.4 Å². The van der Waals surface area contributed by atoms with E-state index in [2.05, 4.69) is 10.6 Å². The minimum absolute atomic E-state index is 0.0326. The molecule has 5 nitrogen and oxygen atoms in total. The number of hydrogen-bond donors (Lipinski definition) is 2. The fourth-order valence-electron chi connectivity index (χ4n) is 2.34. The lowest BCUT2D eigenvalue weighted by Gasteiger charge is -2.06. The quantitative estimate of drug-likeness (QED) is 0.508. The number of thiophene rings is 1. The fraction of sp³-hybridized carbons (Fsp3) is 0.0500. The number of anilines is 1. The smallest absolute Gasteiger partial charge is 0.313 e. The van der Waals surface area contributed by atoms with E-state index in [4.69, 9.17) is 0 Å². The first-order valence-electron chi connectivity index (χ1n) is 8.17. The van der Waals surface area contributed by atoms with Gasteiger partial charge in [0.15, 0.2) is 0 Å². The monoisotopic (exact) mass is 400 g/mol. The number of nitrogens with one attached hydrogen (secondary N) is 2. The molecule has 0 saturated carbocycles. The molecule has 2 amide bonds. The Morgan fingerprint density at radius 3 is 2.36 bits per heavy atom. The second-order valence-corrected chi connectivity index (χ2v) is 6.89. The Labute approximate surface area is 163 Å². The van der Waals surface area contributed by atoms with Crippen molar-refractivity contribution in [3.05, 3.63) is 87.6 Å². The molecule has 0 bridgehead atoms. The summed E-state index contributed by atoms with van der Waals surface area (Å²) in [5.74, 6) is -3.97. The van der Waals surface area contributed by atoms with Gasteiger partial charge in [0, 0.05) is 16.5 Å². The molecule has 1 heterocycles. The summed E-state index contributed by atoms with van der Waals surface area (Å²) >= 11 is 1.20. The molecule has 1 aromatic heterocycles. The predicted molar refractivity (Wildman–Crippen MR) is 101 cm³/mol. The van der Waals surface area contributed by atoms with E-state index < -0.39 is 23.4 Å². The number of amides is 2. The molecule has 0 fully saturated rings. The summed E-state index contributed by atoms with van der Waals surface area (Å²) in [6, 6.07) is 14.7. The SMILES string of the molecule is O=C(NCc1ccc(C(=O)c2ccccc2)s1)C(=O)Nc1ccc(F)cc1F. The minimum Gasteiger partial charge on any atom is -0.343 e. The summed E-state index contributed by atoms with van der Waals surface area (Å²) in [7, 11) is 0. The van der Waals surface area contributed by atoms with Crippen LogP contribution in [0.3, 0.4) is 0 Å². The first-order chi connectivity index (χ1) is 13.4. The van der Waals surface area contributed by atoms with Gasteiger partial charge in [-0.05, 0) is 24.3 Å². The number of halogens is 2. The lowest BCUT2D eigenvalue weighted by molar-refractivity contribution is -0.136. The van der Waals surface area contributed by atoms with Crippen LogP contribution < -0.4 is 10.6 Å². The summed E-state index contributed by atoms with van der Waals surface area (Å²) in [6.45, 7) is 0.0326. The van der Waals surface area contributed by atoms with Crippen LogP contribution in [0.25, 0.3) is 0 Å². The maximum atomic E-state index is 13.5. The Kier molecular flexibility index (Phi) is 5.90. The largest absolute Gasteiger partial charge is 0.343 e. The average Bonchev–Trinajstić information content (AvgIpc) is 3.17. The Balaban J connectivity index is 1.57. The molecule has 0 radical (unpaired) electrons. The van der Waals surface area contributed by atoms with E-state index in [0.29, 0.717) is 21.4 Å². The number of rotatable bonds is 5. The van der Waals surface area contributed by atoms with E-state index in [9.17, 15) is 23.2 Å². The van der Waals surface area contributed by atoms with Crippen LogP contribution in [0.1, 0.15) is 20.1 Å². The highest BCUT2D eigenvalue weighted by Crippen LogP contribution is 2.20. The van der Waals surface area contributed by atoms with Crippen LogP contribution in [0, 0.1) is 11.6 Å². The van der Waals surface area contributed by atoms with Gasteiger partial charge in [-0.1, -0.05) is 30.3 Å². The molecule has 8 heteroatoms. The van der Waals surface area contributed by atoms with Crippen molar-refractivity contribution in [2.45, 2.75) is 6.54 Å². The predicted octanol–water partition coefficient (Wildman–Crippen LogP) is 3.51. The van der Waals surface area contributed by atoms with Gasteiger partial charge >= 0.3 is 11.8 Å². The highest BCUT2D eigenvalue weighted by atomic mass is 32.1. The highest BCUT2D eigenvalue weighted by Gasteiger charge is 2.17. The van der Waals surface area contributed by atoms with Gasteiger partial charge in [0.05, 0.1) is 17.1 Å². The van der Waals surface area contributed by atoms with Crippen molar-refractivity contribution in [2.75, 3.05) is 5.32 Å². The molecule has 0 aliphatic rings. The van der Waals surface area contributed by atoms with Crippen LogP contribution in [0.2, 0.25) is 0 Å². The normalized spacial score (nSPS) is 10.4. The Morgan fingerprint density at radius 1 is 0.893 bits per heavy atom. The average molecular weight is 400 g/mol. The summed E-state index contributed by atoms with van der Waals surface area (Å²) in [4.78, 5) is 37.3. The zero-order valence-corrected chi connectivity index (χ0v) is 15.2. The molecule has 28 heavy (non-hydrogen) atoms. The topological polar surface area (TPSA) is 75.3 Å². The van der Waals surface area contributed by atoms with Crippen molar-refractivity contribution in [1.82, 2.24) is 5.32 Å². The lowest BCUT2D eigenvalue weighted by atomic mass is 10.1. The molecule has 2 N–H and O–H groups in total. The number of carbonyl (C=O) groups excluding carboxylic acids is 3. The summed E-state index contributed by atoms with van der Waals surface area (Å²) < 4.78 is 26.4. The Hall–Kier alpha value is -3.39. The number of hydrogen-bond acceptors (Lipinski definition) is 4. The second kappa shape index (κ2) is 8.53. The van der Waals surface area contributed by atoms with Crippen molar-refractivity contribution in [1.29, 1.82) is 0 Å². The van der Waals surface area contributed by atoms with E-state index in [1.165, 1.54) is 11.3 Å². The lowest BCUT2D eigenvalue weighted by Crippen LogP contribution is -2.35. The number of carbonyl (C=O) groups is 3. The Bertz CT molecular complexity index is 1030. The van der Waals surface area contributed by atoms with Crippen molar-refractivity contribution in [2.24, 2.45) is 0 Å². The summed E-state index contributed by atoms with van der Waals surface area (Å²) in [6.07, 6.45) is 0. The van der Waals surface area contributed by atoms with E-state index in [-0.39, 0.29) is 18.0 Å².